The number of thioether (sulfide) groups is 1. The summed E-state index contributed by atoms with van der Waals surface area (Å²) < 4.78 is 29.5. The van der Waals surface area contributed by atoms with Crippen LogP contribution in [0.15, 0.2) is 58.6 Å². The van der Waals surface area contributed by atoms with Crippen molar-refractivity contribution in [2.24, 2.45) is 0 Å². The van der Waals surface area contributed by atoms with E-state index in [4.69, 9.17) is 11.6 Å². The maximum absolute atomic E-state index is 13.0. The minimum absolute atomic E-state index is 0.0953. The number of hydrogen-bond acceptors (Lipinski definition) is 5. The zero-order valence-electron chi connectivity index (χ0n) is 17.5. The Balaban J connectivity index is 1.64. The molecule has 1 fully saturated rings. The van der Waals surface area contributed by atoms with E-state index in [2.05, 4.69) is 17.1 Å². The zero-order chi connectivity index (χ0) is 22.0. The van der Waals surface area contributed by atoms with E-state index in [1.165, 1.54) is 0 Å². The molecule has 4 rings (SSSR count). The van der Waals surface area contributed by atoms with Gasteiger partial charge < -0.3 is 4.57 Å². The lowest BCUT2D eigenvalue weighted by atomic mass is 10.2. The summed E-state index contributed by atoms with van der Waals surface area (Å²) in [6, 6.07) is 14.8. The average Bonchev–Trinajstić information content (AvgIpc) is 3.44. The molecule has 9 heteroatoms. The average molecular weight is 477 g/mol. The molecule has 1 unspecified atom stereocenters. The van der Waals surface area contributed by atoms with Crippen LogP contribution < -0.4 is 0 Å². The Hall–Kier alpha value is -1.87. The van der Waals surface area contributed by atoms with Crippen molar-refractivity contribution in [3.8, 4) is 11.4 Å². The van der Waals surface area contributed by atoms with Gasteiger partial charge in [-0.1, -0.05) is 53.7 Å². The Labute approximate surface area is 192 Å². The molecule has 2 aromatic carbocycles. The Morgan fingerprint density at radius 1 is 1.10 bits per heavy atom. The van der Waals surface area contributed by atoms with E-state index >= 15 is 0 Å². The first kappa shape index (κ1) is 22.3. The van der Waals surface area contributed by atoms with Gasteiger partial charge in [0, 0.05) is 35.5 Å². The molecule has 3 aromatic rings. The topological polar surface area (TPSA) is 68.1 Å². The van der Waals surface area contributed by atoms with Gasteiger partial charge in [0.05, 0.1) is 4.90 Å². The highest BCUT2D eigenvalue weighted by Gasteiger charge is 2.28. The van der Waals surface area contributed by atoms with Gasteiger partial charge in [0.15, 0.2) is 11.0 Å². The molecule has 1 saturated heterocycles. The number of rotatable bonds is 7. The van der Waals surface area contributed by atoms with Crippen LogP contribution in [0.25, 0.3) is 11.4 Å². The molecule has 0 bridgehead atoms. The molecular weight excluding hydrogens is 452 g/mol. The van der Waals surface area contributed by atoms with Crippen molar-refractivity contribution in [2.45, 2.75) is 48.5 Å². The van der Waals surface area contributed by atoms with Crippen LogP contribution in [0, 0.1) is 0 Å². The van der Waals surface area contributed by atoms with Crippen LogP contribution in [0.3, 0.4) is 0 Å². The molecule has 1 atom stereocenters. The van der Waals surface area contributed by atoms with Gasteiger partial charge in [0.25, 0.3) is 0 Å². The van der Waals surface area contributed by atoms with E-state index in [0.717, 1.165) is 34.1 Å². The third-order valence-electron chi connectivity index (χ3n) is 5.45. The number of aromatic nitrogens is 3. The Bertz CT molecular complexity index is 1170. The molecule has 6 nitrogen and oxygen atoms in total. The molecular formula is C22H25ClN4O2S2. The molecule has 31 heavy (non-hydrogen) atoms. The first-order chi connectivity index (χ1) is 14.9. The van der Waals surface area contributed by atoms with Gasteiger partial charge in [-0.25, -0.2) is 8.42 Å². The highest BCUT2D eigenvalue weighted by Crippen LogP contribution is 2.38. The van der Waals surface area contributed by atoms with E-state index in [9.17, 15) is 8.42 Å². The zero-order valence-corrected chi connectivity index (χ0v) is 19.9. The van der Waals surface area contributed by atoms with Crippen molar-refractivity contribution < 1.29 is 8.42 Å². The van der Waals surface area contributed by atoms with E-state index in [1.54, 1.807) is 34.3 Å². The second-order valence-electron chi connectivity index (χ2n) is 7.47. The second kappa shape index (κ2) is 9.32. The van der Waals surface area contributed by atoms with Crippen molar-refractivity contribution in [2.75, 3.05) is 13.1 Å². The quantitative estimate of drug-likeness (QED) is 0.435. The Morgan fingerprint density at radius 3 is 2.55 bits per heavy atom. The molecule has 0 aliphatic carbocycles. The van der Waals surface area contributed by atoms with Crippen molar-refractivity contribution >= 4 is 33.4 Å². The molecule has 1 aliphatic rings. The van der Waals surface area contributed by atoms with Crippen LogP contribution in [0.1, 0.15) is 37.5 Å². The molecule has 0 N–H and O–H groups in total. The third-order valence-corrected chi connectivity index (χ3v) is 8.81. The summed E-state index contributed by atoms with van der Waals surface area (Å²) in [5, 5.41) is 10.4. The fourth-order valence-corrected chi connectivity index (χ4v) is 6.78. The number of sulfonamides is 1. The monoisotopic (exact) mass is 476 g/mol. The predicted molar refractivity (Wildman–Crippen MR) is 125 cm³/mol. The van der Waals surface area contributed by atoms with Gasteiger partial charge in [0.1, 0.15) is 0 Å². The van der Waals surface area contributed by atoms with Crippen molar-refractivity contribution in [3.63, 3.8) is 0 Å². The van der Waals surface area contributed by atoms with Gasteiger partial charge in [0.2, 0.25) is 10.0 Å². The van der Waals surface area contributed by atoms with Crippen LogP contribution in [0.2, 0.25) is 5.02 Å². The molecule has 0 saturated carbocycles. The van der Waals surface area contributed by atoms with Gasteiger partial charge in [-0.05, 0) is 50.5 Å². The van der Waals surface area contributed by atoms with Crippen molar-refractivity contribution in [1.82, 2.24) is 19.1 Å². The number of nitrogens with zero attached hydrogens (tertiary/aromatic N) is 4. The fourth-order valence-electron chi connectivity index (χ4n) is 3.77. The Morgan fingerprint density at radius 2 is 1.84 bits per heavy atom. The number of benzene rings is 2. The van der Waals surface area contributed by atoms with Crippen molar-refractivity contribution in [3.05, 3.63) is 59.1 Å². The minimum atomic E-state index is -3.49. The molecule has 1 aromatic heterocycles. The maximum atomic E-state index is 13.0. The maximum Gasteiger partial charge on any atom is 0.243 e. The summed E-state index contributed by atoms with van der Waals surface area (Å²) in [4.78, 5) is 0.302. The van der Waals surface area contributed by atoms with Crippen LogP contribution >= 0.6 is 23.4 Å². The largest absolute Gasteiger partial charge is 0.302 e. The molecule has 0 radical (unpaired) electrons. The van der Waals surface area contributed by atoms with Crippen LogP contribution in [0.5, 0.6) is 0 Å². The van der Waals surface area contributed by atoms with E-state index < -0.39 is 10.0 Å². The smallest absolute Gasteiger partial charge is 0.243 e. The van der Waals surface area contributed by atoms with Crippen molar-refractivity contribution in [1.29, 1.82) is 0 Å². The van der Waals surface area contributed by atoms with Gasteiger partial charge in [-0.15, -0.1) is 10.2 Å². The van der Waals surface area contributed by atoms with Gasteiger partial charge in [-0.2, -0.15) is 4.31 Å². The van der Waals surface area contributed by atoms with E-state index in [0.29, 0.717) is 30.4 Å². The van der Waals surface area contributed by atoms with Crippen LogP contribution in [-0.4, -0.2) is 40.6 Å². The SMILES string of the molecule is CCn1c(SC(C)c2ccccc2Cl)nnc1-c1cccc(S(=O)(=O)N2CCCC2)c1. The second-order valence-corrected chi connectivity index (χ2v) is 11.1. The highest BCUT2D eigenvalue weighted by atomic mass is 35.5. The van der Waals surface area contributed by atoms with Gasteiger partial charge in [-0.3, -0.25) is 0 Å². The third kappa shape index (κ3) is 4.53. The summed E-state index contributed by atoms with van der Waals surface area (Å²) in [6.07, 6.45) is 1.82. The summed E-state index contributed by atoms with van der Waals surface area (Å²) >= 11 is 7.94. The normalized spacial score (nSPS) is 16.0. The minimum Gasteiger partial charge on any atom is -0.302 e. The van der Waals surface area contributed by atoms with E-state index in [1.807, 2.05) is 41.8 Å². The lowest BCUT2D eigenvalue weighted by molar-refractivity contribution is 0.477. The first-order valence-electron chi connectivity index (χ1n) is 10.4. The molecule has 0 spiro atoms. The summed E-state index contributed by atoms with van der Waals surface area (Å²) in [5.41, 5.74) is 1.78. The first-order valence-corrected chi connectivity index (χ1v) is 13.1. The van der Waals surface area contributed by atoms with Gasteiger partial charge >= 0.3 is 0 Å². The molecule has 2 heterocycles. The number of halogens is 1. The lowest BCUT2D eigenvalue weighted by Gasteiger charge is -2.16. The number of hydrogen-bond donors (Lipinski definition) is 0. The lowest BCUT2D eigenvalue weighted by Crippen LogP contribution is -2.27. The Kier molecular flexibility index (Phi) is 6.71. The summed E-state index contributed by atoms with van der Waals surface area (Å²) in [5.74, 6) is 0.662. The van der Waals surface area contributed by atoms with Crippen LogP contribution in [0.4, 0.5) is 0 Å². The fraction of sp³-hybridized carbons (Fsp3) is 0.364. The molecule has 0 amide bonds. The summed E-state index contributed by atoms with van der Waals surface area (Å²) in [7, 11) is -3.49. The standard InChI is InChI=1S/C22H25ClN4O2S2/c1-3-27-21(24-25-22(27)30-16(2)19-11-4-5-12-20(19)23)17-9-8-10-18(15-17)31(28,29)26-13-6-7-14-26/h4-5,8-12,15-16H,3,6-7,13-14H2,1-2H3. The summed E-state index contributed by atoms with van der Waals surface area (Å²) in [6.45, 7) is 5.95. The van der Waals surface area contributed by atoms with E-state index in [-0.39, 0.29) is 5.25 Å². The molecule has 1 aliphatic heterocycles. The predicted octanol–water partition coefficient (Wildman–Crippen LogP) is 5.26. The van der Waals surface area contributed by atoms with Crippen LogP contribution in [-0.2, 0) is 16.6 Å². The highest BCUT2D eigenvalue weighted by molar-refractivity contribution is 7.99. The molecule has 164 valence electrons.